The molecule has 0 radical (unpaired) electrons. The number of hydrogen-bond donors (Lipinski definition) is 3. The van der Waals surface area contributed by atoms with Gasteiger partial charge in [0.05, 0.1) is 6.10 Å². The van der Waals surface area contributed by atoms with Crippen LogP contribution >= 0.6 is 12.4 Å². The van der Waals surface area contributed by atoms with Crippen LogP contribution in [0, 0.1) is 6.92 Å². The zero-order valence-electron chi connectivity index (χ0n) is 10.8. The molecule has 4 nitrogen and oxygen atoms in total. The van der Waals surface area contributed by atoms with Gasteiger partial charge < -0.3 is 16.2 Å². The van der Waals surface area contributed by atoms with Crippen LogP contribution < -0.4 is 11.1 Å². The Bertz CT molecular complexity index is 397. The number of hydrogen-bond acceptors (Lipinski definition) is 3. The van der Waals surface area contributed by atoms with Crippen LogP contribution in [0.15, 0.2) is 18.2 Å². The van der Waals surface area contributed by atoms with E-state index in [1.54, 1.807) is 12.1 Å². The maximum absolute atomic E-state index is 11.8. The van der Waals surface area contributed by atoms with E-state index in [-0.39, 0.29) is 24.9 Å². The van der Waals surface area contributed by atoms with E-state index in [1.807, 2.05) is 19.9 Å². The second kappa shape index (κ2) is 7.95. The molecule has 0 aliphatic carbocycles. The molecule has 0 aliphatic heterocycles. The van der Waals surface area contributed by atoms with E-state index in [1.165, 1.54) is 0 Å². The molecule has 1 rings (SSSR count). The molecule has 1 aromatic carbocycles. The van der Waals surface area contributed by atoms with Gasteiger partial charge in [-0.15, -0.1) is 12.4 Å². The smallest absolute Gasteiger partial charge is 0.251 e. The maximum Gasteiger partial charge on any atom is 0.251 e. The second-order valence-corrected chi connectivity index (χ2v) is 4.23. The molecule has 102 valence electrons. The van der Waals surface area contributed by atoms with Crippen molar-refractivity contribution in [3.63, 3.8) is 0 Å². The third kappa shape index (κ3) is 4.94. The van der Waals surface area contributed by atoms with Crippen molar-refractivity contribution in [1.29, 1.82) is 0 Å². The number of nitrogen functional groups attached to an aromatic ring is 1. The first kappa shape index (κ1) is 16.7. The number of rotatable bonds is 5. The van der Waals surface area contributed by atoms with Gasteiger partial charge in [0.1, 0.15) is 0 Å². The van der Waals surface area contributed by atoms with Crippen molar-refractivity contribution >= 4 is 24.0 Å². The summed E-state index contributed by atoms with van der Waals surface area (Å²) in [4.78, 5) is 11.8. The summed E-state index contributed by atoms with van der Waals surface area (Å²) in [6.07, 6.45) is 1.11. The minimum absolute atomic E-state index is 0. The summed E-state index contributed by atoms with van der Waals surface area (Å²) in [5, 5.41) is 12.2. The molecule has 0 spiro atoms. The van der Waals surface area contributed by atoms with Gasteiger partial charge in [0, 0.05) is 17.8 Å². The number of nitrogens with two attached hydrogens (primary N) is 1. The molecular weight excluding hydrogens is 252 g/mol. The molecule has 0 fully saturated rings. The lowest BCUT2D eigenvalue weighted by Gasteiger charge is -2.12. The number of anilines is 1. The van der Waals surface area contributed by atoms with Gasteiger partial charge in [-0.25, -0.2) is 0 Å². The molecule has 1 atom stereocenters. The second-order valence-electron chi connectivity index (χ2n) is 4.23. The topological polar surface area (TPSA) is 75.3 Å². The van der Waals surface area contributed by atoms with Crippen LogP contribution in [0.3, 0.4) is 0 Å². The monoisotopic (exact) mass is 272 g/mol. The predicted molar refractivity (Wildman–Crippen MR) is 76.1 cm³/mol. The number of amides is 1. The Balaban J connectivity index is 0.00000289. The van der Waals surface area contributed by atoms with Crippen LogP contribution in [0.5, 0.6) is 0 Å². The molecule has 0 aromatic heterocycles. The summed E-state index contributed by atoms with van der Waals surface area (Å²) in [5.41, 5.74) is 7.64. The quantitative estimate of drug-likeness (QED) is 0.717. The lowest BCUT2D eigenvalue weighted by Crippen LogP contribution is -2.32. The van der Waals surface area contributed by atoms with Crippen molar-refractivity contribution in [2.24, 2.45) is 0 Å². The van der Waals surface area contributed by atoms with E-state index in [2.05, 4.69) is 5.32 Å². The summed E-state index contributed by atoms with van der Waals surface area (Å²) in [7, 11) is 0. The van der Waals surface area contributed by atoms with Crippen molar-refractivity contribution < 1.29 is 9.90 Å². The molecule has 1 unspecified atom stereocenters. The largest absolute Gasteiger partial charge is 0.399 e. The first-order valence-corrected chi connectivity index (χ1v) is 5.87. The van der Waals surface area contributed by atoms with E-state index in [0.29, 0.717) is 17.7 Å². The summed E-state index contributed by atoms with van der Waals surface area (Å²) >= 11 is 0. The number of aliphatic hydroxyl groups excluding tert-OH is 1. The third-order valence-electron chi connectivity index (χ3n) is 2.63. The summed E-state index contributed by atoms with van der Waals surface area (Å²) in [6.45, 7) is 4.13. The number of aryl methyl sites for hydroxylation is 1. The molecule has 0 saturated heterocycles. The Morgan fingerprint density at radius 2 is 2.17 bits per heavy atom. The van der Waals surface area contributed by atoms with Gasteiger partial charge >= 0.3 is 0 Å². The Morgan fingerprint density at radius 3 is 2.78 bits per heavy atom. The summed E-state index contributed by atoms with van der Waals surface area (Å²) in [5.74, 6) is -0.190. The average molecular weight is 273 g/mol. The van der Waals surface area contributed by atoms with Gasteiger partial charge in [0.15, 0.2) is 0 Å². The number of aliphatic hydroxyl groups is 1. The van der Waals surface area contributed by atoms with Crippen molar-refractivity contribution in [3.05, 3.63) is 29.3 Å². The number of halogens is 1. The molecule has 18 heavy (non-hydrogen) atoms. The Morgan fingerprint density at radius 1 is 1.50 bits per heavy atom. The highest BCUT2D eigenvalue weighted by Gasteiger charge is 2.10. The average Bonchev–Trinajstić information content (AvgIpc) is 2.29. The SMILES string of the molecule is CCCC(O)CNC(=O)c1cc(N)ccc1C.Cl. The highest BCUT2D eigenvalue weighted by atomic mass is 35.5. The van der Waals surface area contributed by atoms with E-state index in [4.69, 9.17) is 5.73 Å². The van der Waals surface area contributed by atoms with Gasteiger partial charge in [0.2, 0.25) is 0 Å². The number of benzene rings is 1. The van der Waals surface area contributed by atoms with Crippen molar-refractivity contribution in [1.82, 2.24) is 5.32 Å². The molecule has 0 bridgehead atoms. The molecular formula is C13H21ClN2O2. The number of nitrogens with one attached hydrogen (secondary N) is 1. The van der Waals surface area contributed by atoms with Crippen LogP contribution in [0.2, 0.25) is 0 Å². The molecule has 5 heteroatoms. The first-order chi connectivity index (χ1) is 8.04. The Labute approximate surface area is 114 Å². The fourth-order valence-electron chi connectivity index (χ4n) is 1.63. The normalized spacial score (nSPS) is 11.5. The molecule has 0 heterocycles. The van der Waals surface area contributed by atoms with E-state index < -0.39 is 6.10 Å². The molecule has 1 aromatic rings. The fourth-order valence-corrected chi connectivity index (χ4v) is 1.63. The highest BCUT2D eigenvalue weighted by Crippen LogP contribution is 2.12. The van der Waals surface area contributed by atoms with Crippen LogP contribution in [-0.4, -0.2) is 23.7 Å². The maximum atomic E-state index is 11.8. The predicted octanol–water partition coefficient (Wildman–Crippen LogP) is 1.89. The zero-order valence-corrected chi connectivity index (χ0v) is 11.6. The minimum Gasteiger partial charge on any atom is -0.399 e. The molecule has 0 aliphatic rings. The van der Waals surface area contributed by atoms with Gasteiger partial charge in [-0.1, -0.05) is 19.4 Å². The van der Waals surface area contributed by atoms with Crippen LogP contribution in [0.25, 0.3) is 0 Å². The number of carbonyl (C=O) groups excluding carboxylic acids is 1. The van der Waals surface area contributed by atoms with Crippen molar-refractivity contribution in [2.45, 2.75) is 32.8 Å². The standard InChI is InChI=1S/C13H20N2O2.ClH/c1-3-4-11(16)8-15-13(17)12-7-10(14)6-5-9(12)2;/h5-7,11,16H,3-4,8,14H2,1-2H3,(H,15,17);1H. The van der Waals surface area contributed by atoms with Crippen molar-refractivity contribution in [3.8, 4) is 0 Å². The van der Waals surface area contributed by atoms with Crippen LogP contribution in [-0.2, 0) is 0 Å². The van der Waals surface area contributed by atoms with E-state index in [0.717, 1.165) is 12.0 Å². The lowest BCUT2D eigenvalue weighted by atomic mass is 10.1. The van der Waals surface area contributed by atoms with Gasteiger partial charge in [-0.05, 0) is 31.0 Å². The molecule has 1 amide bonds. The highest BCUT2D eigenvalue weighted by molar-refractivity contribution is 5.96. The van der Waals surface area contributed by atoms with Crippen LogP contribution in [0.4, 0.5) is 5.69 Å². The van der Waals surface area contributed by atoms with Gasteiger partial charge in [-0.2, -0.15) is 0 Å². The Hall–Kier alpha value is -1.26. The minimum atomic E-state index is -0.481. The summed E-state index contributed by atoms with van der Waals surface area (Å²) < 4.78 is 0. The zero-order chi connectivity index (χ0) is 12.8. The van der Waals surface area contributed by atoms with Gasteiger partial charge in [-0.3, -0.25) is 4.79 Å². The first-order valence-electron chi connectivity index (χ1n) is 5.87. The van der Waals surface area contributed by atoms with Gasteiger partial charge in [0.25, 0.3) is 5.91 Å². The van der Waals surface area contributed by atoms with Crippen molar-refractivity contribution in [2.75, 3.05) is 12.3 Å². The number of carbonyl (C=O) groups is 1. The van der Waals surface area contributed by atoms with E-state index in [9.17, 15) is 9.90 Å². The third-order valence-corrected chi connectivity index (χ3v) is 2.63. The molecule has 4 N–H and O–H groups in total. The van der Waals surface area contributed by atoms with Crippen LogP contribution in [0.1, 0.15) is 35.7 Å². The lowest BCUT2D eigenvalue weighted by molar-refractivity contribution is 0.0909. The Kier molecular flexibility index (Phi) is 7.39. The summed E-state index contributed by atoms with van der Waals surface area (Å²) in [6, 6.07) is 5.22. The fraction of sp³-hybridized carbons (Fsp3) is 0.462. The molecule has 0 saturated carbocycles. The van der Waals surface area contributed by atoms with E-state index >= 15 is 0 Å².